The third kappa shape index (κ3) is 3.19. The van der Waals surface area contributed by atoms with Gasteiger partial charge in [-0.15, -0.1) is 0 Å². The molecule has 5 nitrogen and oxygen atoms in total. The number of carbonyl (C=O) groups excluding carboxylic acids is 2. The number of rotatable bonds is 5. The highest BCUT2D eigenvalue weighted by molar-refractivity contribution is 5.85. The number of esters is 1. The lowest BCUT2D eigenvalue weighted by Gasteiger charge is -2.22. The molecule has 1 aliphatic rings. The zero-order chi connectivity index (χ0) is 13.0. The number of carbonyl (C=O) groups is 2. The van der Waals surface area contributed by atoms with Crippen LogP contribution in [0.2, 0.25) is 0 Å². The number of hydrogen-bond donors (Lipinski definition) is 1. The Labute approximate surface area is 102 Å². The van der Waals surface area contributed by atoms with E-state index in [9.17, 15) is 9.59 Å². The largest absolute Gasteiger partial charge is 0.469 e. The minimum atomic E-state index is -0.277. The van der Waals surface area contributed by atoms with E-state index in [0.29, 0.717) is 6.54 Å². The van der Waals surface area contributed by atoms with Gasteiger partial charge in [-0.05, 0) is 12.3 Å². The van der Waals surface area contributed by atoms with Crippen LogP contribution in [0.25, 0.3) is 0 Å². The van der Waals surface area contributed by atoms with Gasteiger partial charge in [0, 0.05) is 6.54 Å². The van der Waals surface area contributed by atoms with Crippen molar-refractivity contribution < 1.29 is 14.3 Å². The molecule has 17 heavy (non-hydrogen) atoms. The van der Waals surface area contributed by atoms with Crippen LogP contribution in [0, 0.1) is 5.92 Å². The van der Waals surface area contributed by atoms with E-state index in [1.165, 1.54) is 7.11 Å². The maximum absolute atomic E-state index is 12.1. The Balaban J connectivity index is 2.62. The molecule has 0 aliphatic carbocycles. The molecule has 1 rings (SSSR count). The molecule has 98 valence electrons. The molecule has 5 heteroatoms. The van der Waals surface area contributed by atoms with Crippen molar-refractivity contribution in [3.8, 4) is 0 Å². The molecule has 1 saturated heterocycles. The van der Waals surface area contributed by atoms with Crippen molar-refractivity contribution in [2.75, 3.05) is 13.7 Å². The first-order valence-electron chi connectivity index (χ1n) is 6.14. The van der Waals surface area contributed by atoms with Gasteiger partial charge in [0.05, 0.1) is 25.7 Å². The Hall–Kier alpha value is -1.10. The van der Waals surface area contributed by atoms with E-state index in [-0.39, 0.29) is 36.4 Å². The molecule has 0 saturated carbocycles. The van der Waals surface area contributed by atoms with E-state index in [0.717, 1.165) is 6.42 Å². The second-order valence-corrected chi connectivity index (χ2v) is 4.67. The molecule has 1 heterocycles. The van der Waals surface area contributed by atoms with Gasteiger partial charge in [0.15, 0.2) is 0 Å². The molecule has 0 spiro atoms. The molecule has 0 bridgehead atoms. The third-order valence-electron chi connectivity index (χ3n) is 3.14. The Bertz CT molecular complexity index is 291. The summed E-state index contributed by atoms with van der Waals surface area (Å²) in [5.74, 6) is 0.0797. The minimum Gasteiger partial charge on any atom is -0.469 e. The van der Waals surface area contributed by atoms with E-state index in [1.807, 2.05) is 20.8 Å². The van der Waals surface area contributed by atoms with Crippen molar-refractivity contribution in [2.45, 2.75) is 45.8 Å². The Morgan fingerprint density at radius 2 is 2.18 bits per heavy atom. The fraction of sp³-hybridized carbons (Fsp3) is 0.833. The number of methoxy groups -OCH3 is 1. The first-order valence-corrected chi connectivity index (χ1v) is 6.14. The number of nitrogens with one attached hydrogen (secondary N) is 1. The third-order valence-corrected chi connectivity index (χ3v) is 3.14. The number of ether oxygens (including phenoxy) is 1. The van der Waals surface area contributed by atoms with Crippen molar-refractivity contribution >= 4 is 11.9 Å². The van der Waals surface area contributed by atoms with Crippen LogP contribution in [-0.4, -0.2) is 42.6 Å². The maximum atomic E-state index is 12.1. The molecule has 0 radical (unpaired) electrons. The molecule has 0 aromatic heterocycles. The van der Waals surface area contributed by atoms with E-state index in [2.05, 4.69) is 10.1 Å². The summed E-state index contributed by atoms with van der Waals surface area (Å²) >= 11 is 0. The summed E-state index contributed by atoms with van der Waals surface area (Å²) in [6, 6.07) is -0.127. The topological polar surface area (TPSA) is 58.6 Å². The lowest BCUT2D eigenvalue weighted by molar-refractivity contribution is -0.141. The first-order chi connectivity index (χ1) is 8.01. The van der Waals surface area contributed by atoms with Crippen molar-refractivity contribution in [1.82, 2.24) is 10.2 Å². The minimum absolute atomic E-state index is 0.0413. The summed E-state index contributed by atoms with van der Waals surface area (Å²) in [5.41, 5.74) is 0. The van der Waals surface area contributed by atoms with Gasteiger partial charge in [-0.25, -0.2) is 0 Å². The van der Waals surface area contributed by atoms with Gasteiger partial charge in [0.1, 0.15) is 0 Å². The SMILES string of the molecule is CCC1NC(C(C)C)C(=O)N1CCC(=O)OC. The molecule has 1 aliphatic heterocycles. The summed E-state index contributed by atoms with van der Waals surface area (Å²) < 4.78 is 4.59. The summed E-state index contributed by atoms with van der Waals surface area (Å²) in [6.45, 7) is 6.50. The fourth-order valence-corrected chi connectivity index (χ4v) is 2.10. The summed E-state index contributed by atoms with van der Waals surface area (Å²) in [6.07, 6.45) is 1.14. The summed E-state index contributed by atoms with van der Waals surface area (Å²) in [4.78, 5) is 25.0. The van der Waals surface area contributed by atoms with Crippen molar-refractivity contribution in [1.29, 1.82) is 0 Å². The predicted molar refractivity (Wildman–Crippen MR) is 64.2 cm³/mol. The predicted octanol–water partition coefficient (Wildman–Crippen LogP) is 0.742. The Morgan fingerprint density at radius 1 is 1.53 bits per heavy atom. The van der Waals surface area contributed by atoms with Gasteiger partial charge < -0.3 is 9.64 Å². The number of amides is 1. The van der Waals surface area contributed by atoms with Gasteiger partial charge in [-0.3, -0.25) is 14.9 Å². The molecule has 1 N–H and O–H groups in total. The zero-order valence-electron chi connectivity index (χ0n) is 11.0. The van der Waals surface area contributed by atoms with Crippen LogP contribution in [-0.2, 0) is 14.3 Å². The van der Waals surface area contributed by atoms with Gasteiger partial charge in [-0.2, -0.15) is 0 Å². The molecular formula is C12H22N2O3. The van der Waals surface area contributed by atoms with Gasteiger partial charge in [0.25, 0.3) is 0 Å². The average molecular weight is 242 g/mol. The van der Waals surface area contributed by atoms with Gasteiger partial charge in [0.2, 0.25) is 5.91 Å². The molecule has 0 aromatic rings. The Kier molecular flexibility index (Phi) is 4.93. The van der Waals surface area contributed by atoms with Crippen molar-refractivity contribution in [3.63, 3.8) is 0 Å². The summed E-state index contributed by atoms with van der Waals surface area (Å²) in [5, 5.41) is 3.31. The van der Waals surface area contributed by atoms with E-state index >= 15 is 0 Å². The fourth-order valence-electron chi connectivity index (χ4n) is 2.10. The Morgan fingerprint density at radius 3 is 2.65 bits per heavy atom. The van der Waals surface area contributed by atoms with Crippen LogP contribution < -0.4 is 5.32 Å². The highest BCUT2D eigenvalue weighted by Crippen LogP contribution is 2.19. The highest BCUT2D eigenvalue weighted by Gasteiger charge is 2.39. The average Bonchev–Trinajstić information content (AvgIpc) is 2.63. The van der Waals surface area contributed by atoms with Crippen molar-refractivity contribution in [3.05, 3.63) is 0 Å². The smallest absolute Gasteiger partial charge is 0.307 e. The van der Waals surface area contributed by atoms with E-state index in [4.69, 9.17) is 0 Å². The van der Waals surface area contributed by atoms with Crippen molar-refractivity contribution in [2.24, 2.45) is 5.92 Å². The second kappa shape index (κ2) is 6.00. The van der Waals surface area contributed by atoms with Gasteiger partial charge in [-0.1, -0.05) is 20.8 Å². The lowest BCUT2D eigenvalue weighted by atomic mass is 10.1. The first kappa shape index (κ1) is 14.0. The van der Waals surface area contributed by atoms with Crippen LogP contribution in [0.3, 0.4) is 0 Å². The molecule has 2 atom stereocenters. The molecule has 1 amide bonds. The zero-order valence-corrected chi connectivity index (χ0v) is 11.0. The van der Waals surface area contributed by atoms with Crippen LogP contribution in [0.1, 0.15) is 33.6 Å². The number of hydrogen-bond acceptors (Lipinski definition) is 4. The van der Waals surface area contributed by atoms with Crippen LogP contribution >= 0.6 is 0 Å². The molecule has 1 fully saturated rings. The normalized spacial score (nSPS) is 24.5. The lowest BCUT2D eigenvalue weighted by Crippen LogP contribution is -2.38. The summed E-state index contributed by atoms with van der Waals surface area (Å²) in [7, 11) is 1.36. The number of nitrogens with zero attached hydrogens (tertiary/aromatic N) is 1. The quantitative estimate of drug-likeness (QED) is 0.722. The standard InChI is InChI=1S/C12H22N2O3/c1-5-9-13-11(8(2)3)12(16)14(9)7-6-10(15)17-4/h8-9,11,13H,5-7H2,1-4H3. The van der Waals surface area contributed by atoms with E-state index < -0.39 is 0 Å². The monoisotopic (exact) mass is 242 g/mol. The highest BCUT2D eigenvalue weighted by atomic mass is 16.5. The maximum Gasteiger partial charge on any atom is 0.307 e. The molecule has 0 aromatic carbocycles. The van der Waals surface area contributed by atoms with Crippen LogP contribution in [0.4, 0.5) is 0 Å². The molecular weight excluding hydrogens is 220 g/mol. The van der Waals surface area contributed by atoms with Gasteiger partial charge >= 0.3 is 5.97 Å². The van der Waals surface area contributed by atoms with Crippen LogP contribution in [0.15, 0.2) is 0 Å². The van der Waals surface area contributed by atoms with E-state index in [1.54, 1.807) is 4.90 Å². The second-order valence-electron chi connectivity index (χ2n) is 4.67. The van der Waals surface area contributed by atoms with Crippen LogP contribution in [0.5, 0.6) is 0 Å². The molecule has 2 unspecified atom stereocenters.